The summed E-state index contributed by atoms with van der Waals surface area (Å²) in [5, 5.41) is 12.6. The fourth-order valence-corrected chi connectivity index (χ4v) is 2.97. The van der Waals surface area contributed by atoms with E-state index in [0.717, 1.165) is 14.9 Å². The second kappa shape index (κ2) is 4.66. The van der Waals surface area contributed by atoms with Crippen LogP contribution in [-0.2, 0) is 0 Å². The van der Waals surface area contributed by atoms with Gasteiger partial charge in [0.15, 0.2) is 0 Å². The third-order valence-electron chi connectivity index (χ3n) is 2.01. The highest BCUT2D eigenvalue weighted by Gasteiger charge is 2.12. The van der Waals surface area contributed by atoms with Crippen molar-refractivity contribution in [3.63, 3.8) is 0 Å². The summed E-state index contributed by atoms with van der Waals surface area (Å²) in [7, 11) is 0. The normalized spacial score (nSPS) is 12.7. The van der Waals surface area contributed by atoms with Gasteiger partial charge in [-0.1, -0.05) is 33.6 Å². The Balaban J connectivity index is 2.37. The number of aliphatic hydroxyl groups excluding tert-OH is 1. The van der Waals surface area contributed by atoms with Gasteiger partial charge in [-0.05, 0) is 35.2 Å². The van der Waals surface area contributed by atoms with E-state index in [1.807, 2.05) is 23.6 Å². The molecule has 2 aromatic rings. The Labute approximate surface area is 105 Å². The highest BCUT2D eigenvalue weighted by molar-refractivity contribution is 9.10. The first-order valence-electron chi connectivity index (χ1n) is 4.34. The van der Waals surface area contributed by atoms with Gasteiger partial charge in [0, 0.05) is 14.4 Å². The molecular formula is C11H8BrClOS. The van der Waals surface area contributed by atoms with Crippen molar-refractivity contribution in [1.29, 1.82) is 0 Å². The van der Waals surface area contributed by atoms with Crippen LogP contribution in [0.4, 0.5) is 0 Å². The van der Waals surface area contributed by atoms with Crippen LogP contribution in [0.3, 0.4) is 0 Å². The highest BCUT2D eigenvalue weighted by Crippen LogP contribution is 2.29. The quantitative estimate of drug-likeness (QED) is 0.879. The molecule has 1 aromatic carbocycles. The average Bonchev–Trinajstić information content (AvgIpc) is 2.67. The average molecular weight is 304 g/mol. The van der Waals surface area contributed by atoms with Crippen molar-refractivity contribution >= 4 is 38.9 Å². The maximum Gasteiger partial charge on any atom is 0.113 e. The molecule has 2 rings (SSSR count). The Hall–Kier alpha value is -0.350. The van der Waals surface area contributed by atoms with Crippen molar-refractivity contribution in [3.8, 4) is 0 Å². The number of aliphatic hydroxyl groups is 1. The lowest BCUT2D eigenvalue weighted by molar-refractivity contribution is 0.224. The zero-order chi connectivity index (χ0) is 10.8. The number of halogens is 2. The first kappa shape index (κ1) is 11.1. The predicted molar refractivity (Wildman–Crippen MR) is 67.5 cm³/mol. The van der Waals surface area contributed by atoms with Gasteiger partial charge in [-0.25, -0.2) is 0 Å². The van der Waals surface area contributed by atoms with Gasteiger partial charge in [-0.3, -0.25) is 0 Å². The van der Waals surface area contributed by atoms with E-state index < -0.39 is 6.10 Å². The lowest BCUT2D eigenvalue weighted by atomic mass is 10.1. The molecule has 0 amide bonds. The van der Waals surface area contributed by atoms with Gasteiger partial charge >= 0.3 is 0 Å². The van der Waals surface area contributed by atoms with E-state index in [1.165, 1.54) is 11.3 Å². The monoisotopic (exact) mass is 302 g/mol. The zero-order valence-corrected chi connectivity index (χ0v) is 10.8. The zero-order valence-electron chi connectivity index (χ0n) is 7.65. The van der Waals surface area contributed by atoms with Crippen molar-refractivity contribution in [2.45, 2.75) is 6.10 Å². The molecule has 0 radical (unpaired) electrons. The Morgan fingerprint density at radius 1 is 1.33 bits per heavy atom. The molecule has 1 atom stereocenters. The first-order valence-corrected chi connectivity index (χ1v) is 6.39. The highest BCUT2D eigenvalue weighted by atomic mass is 79.9. The van der Waals surface area contributed by atoms with E-state index in [-0.39, 0.29) is 0 Å². The minimum Gasteiger partial charge on any atom is -0.383 e. The standard InChI is InChI=1S/C11H8BrClOS/c12-8-4-7(5-9(13)6-8)11(14)10-2-1-3-15-10/h1-6,11,14H. The summed E-state index contributed by atoms with van der Waals surface area (Å²) >= 11 is 10.8. The number of thiophene rings is 1. The largest absolute Gasteiger partial charge is 0.383 e. The molecule has 4 heteroatoms. The summed E-state index contributed by atoms with van der Waals surface area (Å²) in [6.07, 6.45) is -0.597. The topological polar surface area (TPSA) is 20.2 Å². The number of hydrogen-bond donors (Lipinski definition) is 1. The van der Waals surface area contributed by atoms with Gasteiger partial charge < -0.3 is 5.11 Å². The first-order chi connectivity index (χ1) is 7.16. The molecule has 0 aliphatic heterocycles. The Kier molecular flexibility index (Phi) is 3.46. The van der Waals surface area contributed by atoms with E-state index in [9.17, 15) is 5.11 Å². The SMILES string of the molecule is OC(c1cc(Cl)cc(Br)c1)c1cccs1. The molecule has 78 valence electrons. The van der Waals surface area contributed by atoms with Crippen molar-refractivity contribution in [3.05, 3.63) is 55.6 Å². The maximum absolute atomic E-state index is 10.1. The molecule has 1 heterocycles. The molecule has 1 unspecified atom stereocenters. The van der Waals surface area contributed by atoms with Crippen molar-refractivity contribution < 1.29 is 5.11 Å². The summed E-state index contributed by atoms with van der Waals surface area (Å²) in [4.78, 5) is 0.921. The summed E-state index contributed by atoms with van der Waals surface area (Å²) in [5.74, 6) is 0. The molecule has 0 aliphatic rings. The van der Waals surface area contributed by atoms with Crippen molar-refractivity contribution in [2.75, 3.05) is 0 Å². The van der Waals surface area contributed by atoms with Crippen LogP contribution >= 0.6 is 38.9 Å². The molecule has 15 heavy (non-hydrogen) atoms. The fraction of sp³-hybridized carbons (Fsp3) is 0.0909. The number of rotatable bonds is 2. The van der Waals surface area contributed by atoms with Crippen molar-refractivity contribution in [1.82, 2.24) is 0 Å². The molecule has 0 bridgehead atoms. The molecule has 0 saturated heterocycles. The molecular weight excluding hydrogens is 296 g/mol. The van der Waals surface area contributed by atoms with Crippen LogP contribution < -0.4 is 0 Å². The van der Waals surface area contributed by atoms with Gasteiger partial charge in [0.1, 0.15) is 6.10 Å². The van der Waals surface area contributed by atoms with Crippen LogP contribution in [0.25, 0.3) is 0 Å². The minimum atomic E-state index is -0.597. The van der Waals surface area contributed by atoms with E-state index >= 15 is 0 Å². The summed E-state index contributed by atoms with van der Waals surface area (Å²) in [6.45, 7) is 0. The number of benzene rings is 1. The minimum absolute atomic E-state index is 0.597. The van der Waals surface area contributed by atoms with E-state index in [2.05, 4.69) is 15.9 Å². The van der Waals surface area contributed by atoms with Crippen LogP contribution in [0, 0.1) is 0 Å². The Morgan fingerprint density at radius 3 is 2.73 bits per heavy atom. The van der Waals surface area contributed by atoms with Crippen LogP contribution in [0.15, 0.2) is 40.2 Å². The molecule has 0 fully saturated rings. The Bertz CT molecular complexity index is 435. The molecule has 1 nitrogen and oxygen atoms in total. The molecule has 1 N–H and O–H groups in total. The maximum atomic E-state index is 10.1. The lowest BCUT2D eigenvalue weighted by Gasteiger charge is -2.09. The second-order valence-corrected chi connectivity index (χ2v) is 5.45. The van der Waals surface area contributed by atoms with Gasteiger partial charge in [0.25, 0.3) is 0 Å². The van der Waals surface area contributed by atoms with Crippen LogP contribution in [0.5, 0.6) is 0 Å². The van der Waals surface area contributed by atoms with E-state index in [0.29, 0.717) is 5.02 Å². The Morgan fingerprint density at radius 2 is 2.13 bits per heavy atom. The molecule has 0 spiro atoms. The fourth-order valence-electron chi connectivity index (χ4n) is 1.34. The van der Waals surface area contributed by atoms with Gasteiger partial charge in [0.2, 0.25) is 0 Å². The van der Waals surface area contributed by atoms with E-state index in [1.54, 1.807) is 12.1 Å². The van der Waals surface area contributed by atoms with Gasteiger partial charge in [-0.2, -0.15) is 0 Å². The third kappa shape index (κ3) is 2.61. The summed E-state index contributed by atoms with van der Waals surface area (Å²) in [5.41, 5.74) is 0.803. The summed E-state index contributed by atoms with van der Waals surface area (Å²) in [6, 6.07) is 9.27. The lowest BCUT2D eigenvalue weighted by Crippen LogP contribution is -1.96. The smallest absolute Gasteiger partial charge is 0.113 e. The molecule has 1 aromatic heterocycles. The van der Waals surface area contributed by atoms with E-state index in [4.69, 9.17) is 11.6 Å². The van der Waals surface area contributed by atoms with Crippen LogP contribution in [-0.4, -0.2) is 5.11 Å². The third-order valence-corrected chi connectivity index (χ3v) is 3.61. The van der Waals surface area contributed by atoms with Crippen LogP contribution in [0.2, 0.25) is 5.02 Å². The van der Waals surface area contributed by atoms with Gasteiger partial charge in [0.05, 0.1) is 0 Å². The second-order valence-electron chi connectivity index (χ2n) is 3.12. The molecule has 0 saturated carbocycles. The molecule has 0 aliphatic carbocycles. The van der Waals surface area contributed by atoms with Crippen molar-refractivity contribution in [2.24, 2.45) is 0 Å². The number of hydrogen-bond acceptors (Lipinski definition) is 2. The van der Waals surface area contributed by atoms with Crippen LogP contribution in [0.1, 0.15) is 16.5 Å². The predicted octanol–water partition coefficient (Wildman–Crippen LogP) is 4.25. The van der Waals surface area contributed by atoms with Gasteiger partial charge in [-0.15, -0.1) is 11.3 Å². The summed E-state index contributed by atoms with van der Waals surface area (Å²) < 4.78 is 0.876.